The second-order valence-electron chi connectivity index (χ2n) is 3.79. The standard InChI is InChI=1S/C12H17N3S/c1-16-11-5-3-2-4-10(11)12(13)15-8-6-14-7-9-15/h2-5,13-14H,6-9H2,1H3. The van der Waals surface area contributed by atoms with Crippen molar-refractivity contribution in [2.75, 3.05) is 32.4 Å². The zero-order chi connectivity index (χ0) is 11.4. The Morgan fingerprint density at radius 1 is 1.31 bits per heavy atom. The van der Waals surface area contributed by atoms with Crippen LogP contribution < -0.4 is 5.32 Å². The Kier molecular flexibility index (Phi) is 3.85. The number of hydrogen-bond donors (Lipinski definition) is 2. The average Bonchev–Trinajstić information content (AvgIpc) is 2.39. The van der Waals surface area contributed by atoms with Crippen LogP contribution in [0.3, 0.4) is 0 Å². The molecule has 3 nitrogen and oxygen atoms in total. The van der Waals surface area contributed by atoms with Gasteiger partial charge in [0.05, 0.1) is 0 Å². The van der Waals surface area contributed by atoms with Gasteiger partial charge in [0.1, 0.15) is 5.84 Å². The number of hydrogen-bond acceptors (Lipinski definition) is 3. The van der Waals surface area contributed by atoms with Crippen molar-refractivity contribution >= 4 is 17.6 Å². The molecule has 0 spiro atoms. The molecule has 1 saturated heterocycles. The van der Waals surface area contributed by atoms with Gasteiger partial charge >= 0.3 is 0 Å². The van der Waals surface area contributed by atoms with E-state index in [-0.39, 0.29) is 0 Å². The molecule has 0 unspecified atom stereocenters. The zero-order valence-electron chi connectivity index (χ0n) is 9.49. The molecule has 0 radical (unpaired) electrons. The minimum absolute atomic E-state index is 0.659. The lowest BCUT2D eigenvalue weighted by Gasteiger charge is -2.30. The Bertz CT molecular complexity index is 372. The number of nitrogens with one attached hydrogen (secondary N) is 2. The van der Waals surface area contributed by atoms with Crippen LogP contribution in [0.25, 0.3) is 0 Å². The van der Waals surface area contributed by atoms with E-state index < -0.39 is 0 Å². The summed E-state index contributed by atoms with van der Waals surface area (Å²) in [5.74, 6) is 0.659. The Morgan fingerprint density at radius 2 is 2.00 bits per heavy atom. The Hall–Kier alpha value is -1.00. The Balaban J connectivity index is 2.19. The number of amidine groups is 1. The van der Waals surface area contributed by atoms with Crippen molar-refractivity contribution in [2.24, 2.45) is 0 Å². The van der Waals surface area contributed by atoms with Crippen LogP contribution in [0.15, 0.2) is 29.2 Å². The van der Waals surface area contributed by atoms with Gasteiger partial charge in [-0.25, -0.2) is 0 Å². The Morgan fingerprint density at radius 3 is 2.69 bits per heavy atom. The summed E-state index contributed by atoms with van der Waals surface area (Å²) in [7, 11) is 0. The van der Waals surface area contributed by atoms with E-state index in [2.05, 4.69) is 22.5 Å². The highest BCUT2D eigenvalue weighted by molar-refractivity contribution is 7.98. The molecule has 0 atom stereocenters. The Labute approximate surface area is 101 Å². The van der Waals surface area contributed by atoms with Crippen LogP contribution in [0.4, 0.5) is 0 Å². The molecule has 0 aliphatic carbocycles. The molecule has 0 bridgehead atoms. The van der Waals surface area contributed by atoms with Gasteiger partial charge in [-0.3, -0.25) is 5.41 Å². The SMILES string of the molecule is CSc1ccccc1C(=N)N1CCNCC1. The molecular formula is C12H17N3S. The second-order valence-corrected chi connectivity index (χ2v) is 4.63. The molecule has 1 fully saturated rings. The van der Waals surface area contributed by atoms with E-state index in [1.165, 1.54) is 4.90 Å². The van der Waals surface area contributed by atoms with Crippen LogP contribution in [0.5, 0.6) is 0 Å². The van der Waals surface area contributed by atoms with Crippen molar-refractivity contribution in [3.8, 4) is 0 Å². The van der Waals surface area contributed by atoms with Crippen LogP contribution in [-0.4, -0.2) is 43.2 Å². The van der Waals surface area contributed by atoms with Gasteiger partial charge < -0.3 is 10.2 Å². The van der Waals surface area contributed by atoms with Gasteiger partial charge in [-0.2, -0.15) is 0 Å². The number of piperazine rings is 1. The average molecular weight is 235 g/mol. The summed E-state index contributed by atoms with van der Waals surface area (Å²) in [6, 6.07) is 8.15. The van der Waals surface area contributed by atoms with Crippen molar-refractivity contribution in [2.45, 2.75) is 4.90 Å². The summed E-state index contributed by atoms with van der Waals surface area (Å²) in [6.07, 6.45) is 2.06. The van der Waals surface area contributed by atoms with Crippen molar-refractivity contribution in [1.29, 1.82) is 5.41 Å². The van der Waals surface area contributed by atoms with Gasteiger partial charge in [-0.1, -0.05) is 18.2 Å². The molecule has 16 heavy (non-hydrogen) atoms. The van der Waals surface area contributed by atoms with E-state index >= 15 is 0 Å². The lowest BCUT2D eigenvalue weighted by molar-refractivity contribution is 0.356. The van der Waals surface area contributed by atoms with Gasteiger partial charge in [0, 0.05) is 36.6 Å². The summed E-state index contributed by atoms with van der Waals surface area (Å²) < 4.78 is 0. The summed E-state index contributed by atoms with van der Waals surface area (Å²) >= 11 is 1.70. The summed E-state index contributed by atoms with van der Waals surface area (Å²) in [5.41, 5.74) is 1.05. The molecule has 1 aliphatic heterocycles. The van der Waals surface area contributed by atoms with Gasteiger partial charge in [0.15, 0.2) is 0 Å². The third-order valence-corrected chi connectivity index (χ3v) is 3.59. The minimum Gasteiger partial charge on any atom is -0.354 e. The first kappa shape index (κ1) is 11.5. The summed E-state index contributed by atoms with van der Waals surface area (Å²) in [6.45, 7) is 3.82. The first-order valence-electron chi connectivity index (χ1n) is 5.50. The molecule has 2 N–H and O–H groups in total. The van der Waals surface area contributed by atoms with Gasteiger partial charge in [-0.15, -0.1) is 11.8 Å². The van der Waals surface area contributed by atoms with Crippen molar-refractivity contribution in [3.63, 3.8) is 0 Å². The normalized spacial score (nSPS) is 16.2. The van der Waals surface area contributed by atoms with E-state index in [4.69, 9.17) is 5.41 Å². The molecule has 1 aliphatic rings. The van der Waals surface area contributed by atoms with Crippen LogP contribution in [0, 0.1) is 5.41 Å². The largest absolute Gasteiger partial charge is 0.354 e. The molecule has 0 amide bonds. The van der Waals surface area contributed by atoms with Gasteiger partial charge in [0.25, 0.3) is 0 Å². The van der Waals surface area contributed by atoms with E-state index in [0.29, 0.717) is 5.84 Å². The highest BCUT2D eigenvalue weighted by atomic mass is 32.2. The predicted molar refractivity (Wildman–Crippen MR) is 69.5 cm³/mol. The third-order valence-electron chi connectivity index (χ3n) is 2.80. The molecular weight excluding hydrogens is 218 g/mol. The van der Waals surface area contributed by atoms with Crippen LogP contribution in [-0.2, 0) is 0 Å². The predicted octanol–water partition coefficient (Wildman–Crippen LogP) is 1.64. The molecule has 0 aromatic heterocycles. The molecule has 1 aromatic rings. The monoisotopic (exact) mass is 235 g/mol. The molecule has 2 rings (SSSR count). The van der Waals surface area contributed by atoms with E-state index in [9.17, 15) is 0 Å². The van der Waals surface area contributed by atoms with Gasteiger partial charge in [0.2, 0.25) is 0 Å². The molecule has 86 valence electrons. The second kappa shape index (κ2) is 5.37. The number of rotatable bonds is 2. The first-order valence-corrected chi connectivity index (χ1v) is 6.73. The maximum atomic E-state index is 8.25. The minimum atomic E-state index is 0.659. The highest BCUT2D eigenvalue weighted by Gasteiger charge is 2.16. The summed E-state index contributed by atoms with van der Waals surface area (Å²) in [4.78, 5) is 3.33. The molecule has 0 saturated carbocycles. The molecule has 1 aromatic carbocycles. The van der Waals surface area contributed by atoms with Crippen LogP contribution in [0.1, 0.15) is 5.56 Å². The number of nitrogens with zero attached hydrogens (tertiary/aromatic N) is 1. The smallest absolute Gasteiger partial charge is 0.129 e. The molecule has 4 heteroatoms. The van der Waals surface area contributed by atoms with Crippen molar-refractivity contribution in [3.05, 3.63) is 29.8 Å². The topological polar surface area (TPSA) is 39.1 Å². The fourth-order valence-corrected chi connectivity index (χ4v) is 2.50. The fraction of sp³-hybridized carbons (Fsp3) is 0.417. The van der Waals surface area contributed by atoms with E-state index in [1.54, 1.807) is 11.8 Å². The first-order chi connectivity index (χ1) is 7.83. The van der Waals surface area contributed by atoms with E-state index in [0.717, 1.165) is 31.7 Å². The quantitative estimate of drug-likeness (QED) is 0.465. The number of benzene rings is 1. The lowest BCUT2D eigenvalue weighted by Crippen LogP contribution is -2.46. The lowest BCUT2D eigenvalue weighted by atomic mass is 10.2. The zero-order valence-corrected chi connectivity index (χ0v) is 10.3. The maximum Gasteiger partial charge on any atom is 0.129 e. The van der Waals surface area contributed by atoms with Gasteiger partial charge in [-0.05, 0) is 12.3 Å². The fourth-order valence-electron chi connectivity index (χ4n) is 1.90. The van der Waals surface area contributed by atoms with Crippen LogP contribution >= 0.6 is 11.8 Å². The van der Waals surface area contributed by atoms with Crippen molar-refractivity contribution in [1.82, 2.24) is 10.2 Å². The third kappa shape index (κ3) is 2.39. The summed E-state index contributed by atoms with van der Waals surface area (Å²) in [5, 5.41) is 11.6. The van der Waals surface area contributed by atoms with Crippen molar-refractivity contribution < 1.29 is 0 Å². The van der Waals surface area contributed by atoms with Crippen LogP contribution in [0.2, 0.25) is 0 Å². The highest BCUT2D eigenvalue weighted by Crippen LogP contribution is 2.21. The molecule has 1 heterocycles. The van der Waals surface area contributed by atoms with E-state index in [1.807, 2.05) is 18.2 Å². The maximum absolute atomic E-state index is 8.25. The number of thioether (sulfide) groups is 1.